The standard InChI is InChI=1S/C20H20N8O4/c1-20(2,3)18(26-24-19(23-25-26)14-7-5-4-6-8-14)11-12-21-22-16-10-9-15(27(29)30)13-17(16)28(31)32/h4-13,22H,1-3H3/b18-11+,21-12+. The minimum Gasteiger partial charge on any atom is -0.272 e. The number of non-ortho nitro benzene ring substituents is 1. The van der Waals surface area contributed by atoms with Gasteiger partial charge < -0.3 is 0 Å². The molecule has 32 heavy (non-hydrogen) atoms. The lowest BCUT2D eigenvalue weighted by Crippen LogP contribution is -2.17. The maximum absolute atomic E-state index is 11.2. The van der Waals surface area contributed by atoms with E-state index in [0.29, 0.717) is 11.5 Å². The third-order valence-corrected chi connectivity index (χ3v) is 4.31. The van der Waals surface area contributed by atoms with E-state index in [1.165, 1.54) is 17.1 Å². The van der Waals surface area contributed by atoms with E-state index in [0.717, 1.165) is 17.7 Å². The predicted octanol–water partition coefficient (Wildman–Crippen LogP) is 4.14. The summed E-state index contributed by atoms with van der Waals surface area (Å²) in [5, 5.41) is 38.7. The number of hydrogen-bond acceptors (Lipinski definition) is 9. The number of benzene rings is 2. The van der Waals surface area contributed by atoms with E-state index in [4.69, 9.17) is 0 Å². The quantitative estimate of drug-likeness (QED) is 0.329. The highest BCUT2D eigenvalue weighted by atomic mass is 16.6. The van der Waals surface area contributed by atoms with E-state index in [-0.39, 0.29) is 16.8 Å². The molecular formula is C20H20N8O4. The molecule has 3 rings (SSSR count). The van der Waals surface area contributed by atoms with Gasteiger partial charge in [0.2, 0.25) is 5.82 Å². The predicted molar refractivity (Wildman–Crippen MR) is 119 cm³/mol. The Morgan fingerprint density at radius 1 is 1.09 bits per heavy atom. The number of allylic oxidation sites excluding steroid dienone is 2. The number of hydrogen-bond donors (Lipinski definition) is 1. The summed E-state index contributed by atoms with van der Waals surface area (Å²) in [5.74, 6) is 0.470. The van der Waals surface area contributed by atoms with Gasteiger partial charge in [-0.05, 0) is 17.4 Å². The lowest BCUT2D eigenvalue weighted by molar-refractivity contribution is -0.393. The second-order valence-corrected chi connectivity index (χ2v) is 7.68. The molecule has 1 N–H and O–H groups in total. The SMILES string of the molecule is CC(C)(C)/C(=C\C=N\Nc1ccc([N+](=O)[O-])cc1[N+](=O)[O-])n1nnc(-c2ccccc2)n1. The van der Waals surface area contributed by atoms with Crippen LogP contribution in [0.5, 0.6) is 0 Å². The fourth-order valence-corrected chi connectivity index (χ4v) is 2.73. The van der Waals surface area contributed by atoms with E-state index in [2.05, 4.69) is 25.9 Å². The Morgan fingerprint density at radius 2 is 1.81 bits per heavy atom. The molecule has 2 aromatic carbocycles. The first-order chi connectivity index (χ1) is 15.2. The molecule has 0 aliphatic carbocycles. The van der Waals surface area contributed by atoms with Crippen LogP contribution in [-0.4, -0.2) is 36.3 Å². The van der Waals surface area contributed by atoms with Crippen molar-refractivity contribution >= 4 is 29.0 Å². The van der Waals surface area contributed by atoms with E-state index < -0.39 is 15.5 Å². The number of nitro benzene ring substituents is 2. The Labute approximate surface area is 182 Å². The molecule has 1 aromatic heterocycles. The van der Waals surface area contributed by atoms with Crippen LogP contribution < -0.4 is 5.43 Å². The highest BCUT2D eigenvalue weighted by Gasteiger charge is 2.22. The summed E-state index contributed by atoms with van der Waals surface area (Å²) in [4.78, 5) is 22.1. The summed E-state index contributed by atoms with van der Waals surface area (Å²) in [5.41, 5.74) is 2.86. The van der Waals surface area contributed by atoms with E-state index in [1.807, 2.05) is 51.1 Å². The van der Waals surface area contributed by atoms with Crippen LogP contribution in [0.25, 0.3) is 17.1 Å². The number of nitro groups is 2. The van der Waals surface area contributed by atoms with Gasteiger partial charge in [-0.2, -0.15) is 5.10 Å². The normalized spacial score (nSPS) is 12.2. The van der Waals surface area contributed by atoms with Crippen molar-refractivity contribution < 1.29 is 9.85 Å². The minimum absolute atomic E-state index is 0.0211. The Morgan fingerprint density at radius 3 is 2.44 bits per heavy atom. The third-order valence-electron chi connectivity index (χ3n) is 4.31. The summed E-state index contributed by atoms with van der Waals surface area (Å²) < 4.78 is 0. The first kappa shape index (κ1) is 22.2. The van der Waals surface area contributed by atoms with Gasteiger partial charge in [-0.3, -0.25) is 25.7 Å². The molecule has 0 fully saturated rings. The second-order valence-electron chi connectivity index (χ2n) is 7.68. The molecule has 164 valence electrons. The van der Waals surface area contributed by atoms with Crippen molar-refractivity contribution in [3.05, 3.63) is 74.8 Å². The number of rotatable bonds is 7. The van der Waals surface area contributed by atoms with Crippen LogP contribution in [0.4, 0.5) is 17.1 Å². The van der Waals surface area contributed by atoms with Crippen molar-refractivity contribution in [2.75, 3.05) is 5.43 Å². The van der Waals surface area contributed by atoms with Crippen molar-refractivity contribution in [3.8, 4) is 11.4 Å². The lowest BCUT2D eigenvalue weighted by Gasteiger charge is -2.20. The van der Waals surface area contributed by atoms with Crippen LogP contribution in [-0.2, 0) is 0 Å². The summed E-state index contributed by atoms with van der Waals surface area (Å²) in [7, 11) is 0. The third kappa shape index (κ3) is 5.16. The van der Waals surface area contributed by atoms with Gasteiger partial charge in [-0.25, -0.2) is 0 Å². The number of nitrogens with zero attached hydrogens (tertiary/aromatic N) is 7. The molecule has 0 spiro atoms. The van der Waals surface area contributed by atoms with Crippen LogP contribution >= 0.6 is 0 Å². The van der Waals surface area contributed by atoms with Gasteiger partial charge in [0.1, 0.15) is 5.69 Å². The topological polar surface area (TPSA) is 154 Å². The van der Waals surface area contributed by atoms with Gasteiger partial charge in [-0.15, -0.1) is 15.0 Å². The van der Waals surface area contributed by atoms with Crippen molar-refractivity contribution in [2.24, 2.45) is 10.5 Å². The molecule has 0 aliphatic heterocycles. The van der Waals surface area contributed by atoms with Gasteiger partial charge in [0.05, 0.1) is 21.6 Å². The van der Waals surface area contributed by atoms with Crippen LogP contribution in [0.1, 0.15) is 20.8 Å². The van der Waals surface area contributed by atoms with E-state index >= 15 is 0 Å². The molecule has 0 unspecified atom stereocenters. The van der Waals surface area contributed by atoms with Gasteiger partial charge in [0.15, 0.2) is 0 Å². The molecule has 0 amide bonds. The molecule has 3 aromatic rings. The molecule has 0 bridgehead atoms. The van der Waals surface area contributed by atoms with Gasteiger partial charge in [0.25, 0.3) is 5.69 Å². The fourth-order valence-electron chi connectivity index (χ4n) is 2.73. The average Bonchev–Trinajstić information content (AvgIpc) is 3.22. The molecule has 0 radical (unpaired) electrons. The minimum atomic E-state index is -0.717. The van der Waals surface area contributed by atoms with Crippen molar-refractivity contribution in [1.29, 1.82) is 0 Å². The number of hydrazone groups is 1. The molecule has 0 aliphatic rings. The number of nitrogens with one attached hydrogen (secondary N) is 1. The molecule has 0 saturated heterocycles. The molecular weight excluding hydrogens is 416 g/mol. The van der Waals surface area contributed by atoms with Crippen LogP contribution in [0.2, 0.25) is 0 Å². The maximum Gasteiger partial charge on any atom is 0.301 e. The smallest absolute Gasteiger partial charge is 0.272 e. The maximum atomic E-state index is 11.2. The van der Waals surface area contributed by atoms with Crippen molar-refractivity contribution in [2.45, 2.75) is 20.8 Å². The number of tetrazole rings is 1. The summed E-state index contributed by atoms with van der Waals surface area (Å²) in [6, 6.07) is 12.7. The molecule has 12 heteroatoms. The van der Waals surface area contributed by atoms with Crippen LogP contribution in [0.3, 0.4) is 0 Å². The van der Waals surface area contributed by atoms with Gasteiger partial charge >= 0.3 is 5.69 Å². The van der Waals surface area contributed by atoms with Gasteiger partial charge in [0, 0.05) is 23.3 Å². The Kier molecular flexibility index (Phi) is 6.33. The number of anilines is 1. The molecule has 12 nitrogen and oxygen atoms in total. The van der Waals surface area contributed by atoms with Crippen LogP contribution in [0.15, 0.2) is 59.7 Å². The first-order valence-corrected chi connectivity index (χ1v) is 9.45. The zero-order chi connectivity index (χ0) is 23.3. The zero-order valence-electron chi connectivity index (χ0n) is 17.5. The Hall–Kier alpha value is -4.48. The second kappa shape index (κ2) is 9.12. The summed E-state index contributed by atoms with van der Waals surface area (Å²) >= 11 is 0. The summed E-state index contributed by atoms with van der Waals surface area (Å²) in [6.07, 6.45) is 3.05. The Bertz CT molecular complexity index is 1200. The van der Waals surface area contributed by atoms with Gasteiger partial charge in [-0.1, -0.05) is 51.1 Å². The molecule has 1 heterocycles. The Balaban J connectivity index is 1.85. The molecule has 0 saturated carbocycles. The van der Waals surface area contributed by atoms with E-state index in [1.54, 1.807) is 6.08 Å². The van der Waals surface area contributed by atoms with Crippen LogP contribution in [0, 0.1) is 25.6 Å². The highest BCUT2D eigenvalue weighted by Crippen LogP contribution is 2.30. The fraction of sp³-hybridized carbons (Fsp3) is 0.200. The van der Waals surface area contributed by atoms with Crippen molar-refractivity contribution in [3.63, 3.8) is 0 Å². The monoisotopic (exact) mass is 436 g/mol. The average molecular weight is 436 g/mol. The van der Waals surface area contributed by atoms with E-state index in [9.17, 15) is 20.2 Å². The largest absolute Gasteiger partial charge is 0.301 e. The first-order valence-electron chi connectivity index (χ1n) is 9.45. The zero-order valence-corrected chi connectivity index (χ0v) is 17.5. The summed E-state index contributed by atoms with van der Waals surface area (Å²) in [6.45, 7) is 5.90. The highest BCUT2D eigenvalue weighted by molar-refractivity contribution is 5.81. The number of aromatic nitrogens is 4. The van der Waals surface area contributed by atoms with Crippen molar-refractivity contribution in [1.82, 2.24) is 20.2 Å². The molecule has 0 atom stereocenters. The lowest BCUT2D eigenvalue weighted by atomic mass is 9.92.